The van der Waals surface area contributed by atoms with Crippen molar-refractivity contribution in [1.82, 2.24) is 0 Å². The first-order valence-electron chi connectivity index (χ1n) is 26.0. The molecule has 364 valence electrons. The van der Waals surface area contributed by atoms with Gasteiger partial charge in [-0.25, -0.2) is 0 Å². The summed E-state index contributed by atoms with van der Waals surface area (Å²) in [5.41, 5.74) is 18.9. The van der Waals surface area contributed by atoms with Crippen LogP contribution >= 0.6 is 11.3 Å². The highest BCUT2D eigenvalue weighted by Gasteiger charge is 2.48. The van der Waals surface area contributed by atoms with Crippen LogP contribution in [0.5, 0.6) is 0 Å². The second-order valence-corrected chi connectivity index (χ2v) is 26.7. The van der Waals surface area contributed by atoms with Crippen molar-refractivity contribution in [2.75, 3.05) is 14.7 Å². The lowest BCUT2D eigenvalue weighted by molar-refractivity contribution is 0.590. The maximum Gasteiger partial charge on any atom is 0.269 e. The third-order valence-electron chi connectivity index (χ3n) is 15.3. The highest BCUT2D eigenvalue weighted by Crippen LogP contribution is 2.52. The molecule has 72 heavy (non-hydrogen) atoms. The molecule has 6 heteroatoms. The zero-order valence-corrected chi connectivity index (χ0v) is 46.0. The predicted octanol–water partition coefficient (Wildman–Crippen LogP) is 17.7. The summed E-state index contributed by atoms with van der Waals surface area (Å²) >= 11 is 1.94. The fourth-order valence-corrected chi connectivity index (χ4v) is 12.2. The van der Waals surface area contributed by atoms with Crippen LogP contribution in [0.2, 0.25) is 0 Å². The molecule has 0 unspecified atom stereocenters. The first-order valence-corrected chi connectivity index (χ1v) is 26.8. The van der Waals surface area contributed by atoms with Gasteiger partial charge in [0.05, 0.1) is 11.4 Å². The monoisotopic (exact) mass is 964 g/mol. The minimum absolute atomic E-state index is 0.000187. The van der Waals surface area contributed by atoms with Crippen molar-refractivity contribution in [3.63, 3.8) is 0 Å². The number of anilines is 9. The molecular formula is C66H70BN3OS. The molecule has 0 saturated heterocycles. The molecule has 11 rings (SSSR count). The smallest absolute Gasteiger partial charge is 0.269 e. The van der Waals surface area contributed by atoms with E-state index in [1.807, 2.05) is 11.3 Å². The van der Waals surface area contributed by atoms with E-state index in [1.54, 1.807) is 0 Å². The van der Waals surface area contributed by atoms with E-state index < -0.39 is 0 Å². The number of hydrogen-bond acceptors (Lipinski definition) is 5. The summed E-state index contributed by atoms with van der Waals surface area (Å²) in [6.45, 7) is 34.4. The lowest BCUT2D eigenvalue weighted by Crippen LogP contribution is -2.60. The summed E-state index contributed by atoms with van der Waals surface area (Å²) in [7, 11) is 0. The molecule has 2 aliphatic heterocycles. The van der Waals surface area contributed by atoms with Gasteiger partial charge in [0, 0.05) is 59.8 Å². The van der Waals surface area contributed by atoms with E-state index in [-0.39, 0.29) is 33.8 Å². The average Bonchev–Trinajstić information content (AvgIpc) is 3.89. The Hall–Kier alpha value is -6.50. The van der Waals surface area contributed by atoms with Crippen molar-refractivity contribution in [2.45, 2.75) is 131 Å². The Bertz CT molecular complexity index is 3470. The Morgan fingerprint density at radius 3 is 1.33 bits per heavy atom. The van der Waals surface area contributed by atoms with Crippen molar-refractivity contribution >= 4 is 106 Å². The summed E-state index contributed by atoms with van der Waals surface area (Å²) in [6.07, 6.45) is 0. The predicted molar refractivity (Wildman–Crippen MR) is 314 cm³/mol. The van der Waals surface area contributed by atoms with Gasteiger partial charge in [-0.2, -0.15) is 0 Å². The van der Waals surface area contributed by atoms with Crippen LogP contribution < -0.4 is 30.4 Å². The summed E-state index contributed by atoms with van der Waals surface area (Å²) in [5.74, 6) is 0.873. The van der Waals surface area contributed by atoms with Gasteiger partial charge in [0.1, 0.15) is 5.58 Å². The summed E-state index contributed by atoms with van der Waals surface area (Å²) < 4.78 is 9.90. The standard InChI is InChI=1S/C66H70BN3OS/c1-62(2,3)41-20-29-46(30-21-41)68(47-31-22-42(23-32-47)63(4,5)6)50-39-53-58-54(40-50)70(49-35-26-44(27-36-49)65(10,11)12)61-57(51-18-16-17-19-55(51)71-61)67(58)60-59(52-38-45(66(13,14)15)28-37-56(52)72-60)69(53)48-33-24-43(25-34-48)64(7,8)9/h16-40H,1-15H3. The first kappa shape index (κ1) is 47.8. The molecule has 0 amide bonds. The Kier molecular flexibility index (Phi) is 11.0. The Morgan fingerprint density at radius 2 is 0.847 bits per heavy atom. The van der Waals surface area contributed by atoms with E-state index in [2.05, 4.69) is 270 Å². The maximum atomic E-state index is 7.28. The topological polar surface area (TPSA) is 22.9 Å². The molecule has 2 aromatic heterocycles. The van der Waals surface area contributed by atoms with Crippen LogP contribution in [0, 0.1) is 0 Å². The first-order chi connectivity index (χ1) is 33.9. The highest BCUT2D eigenvalue weighted by atomic mass is 32.1. The molecule has 9 aromatic rings. The van der Waals surface area contributed by atoms with Gasteiger partial charge in [0.15, 0.2) is 0 Å². The van der Waals surface area contributed by atoms with Crippen LogP contribution in [0.4, 0.5) is 51.4 Å². The van der Waals surface area contributed by atoms with Gasteiger partial charge in [0.25, 0.3) is 6.71 Å². The van der Waals surface area contributed by atoms with E-state index in [4.69, 9.17) is 4.42 Å². The summed E-state index contributed by atoms with van der Waals surface area (Å²) in [4.78, 5) is 7.52. The lowest BCUT2D eigenvalue weighted by atomic mass is 9.36. The normalized spacial score (nSPS) is 14.0. The Balaban J connectivity index is 1.28. The molecule has 0 saturated carbocycles. The average molecular weight is 964 g/mol. The second-order valence-electron chi connectivity index (χ2n) is 25.6. The third kappa shape index (κ3) is 8.05. The van der Waals surface area contributed by atoms with Gasteiger partial charge in [-0.05, 0) is 139 Å². The van der Waals surface area contributed by atoms with Gasteiger partial charge in [-0.15, -0.1) is 11.3 Å². The summed E-state index contributed by atoms with van der Waals surface area (Å²) in [6, 6.07) is 58.0. The SMILES string of the molecule is CC(C)(C)c1ccc(N(c2ccc(C(C)(C)C)cc2)c2cc3c4c(c2)N(c2ccc(C(C)(C)C)cc2)c2c(sc5ccc(C(C)(C)C)cc25)B4c2c(oc4ccccc24)N3c2ccc(C(C)(C)C)cc2)cc1. The van der Waals surface area contributed by atoms with Crippen LogP contribution in [0.15, 0.2) is 156 Å². The minimum Gasteiger partial charge on any atom is -0.440 e. The van der Waals surface area contributed by atoms with Crippen molar-refractivity contribution in [3.05, 3.63) is 179 Å². The number of fused-ring (bicyclic) bond motifs is 8. The second kappa shape index (κ2) is 16.5. The van der Waals surface area contributed by atoms with E-state index >= 15 is 0 Å². The maximum absolute atomic E-state index is 7.28. The molecule has 0 bridgehead atoms. The van der Waals surface area contributed by atoms with Crippen LogP contribution in [-0.2, 0) is 27.1 Å². The highest BCUT2D eigenvalue weighted by molar-refractivity contribution is 7.34. The number of hydrogen-bond donors (Lipinski definition) is 0. The van der Waals surface area contributed by atoms with Gasteiger partial charge in [-0.1, -0.05) is 177 Å². The molecular weight excluding hydrogens is 894 g/mol. The van der Waals surface area contributed by atoms with E-state index in [0.717, 1.165) is 51.0 Å². The number of benzene rings is 7. The molecule has 0 atom stereocenters. The fraction of sp³-hybridized carbons (Fsp3) is 0.303. The minimum atomic E-state index is -0.103. The molecule has 0 fully saturated rings. The number of nitrogens with zero attached hydrogens (tertiary/aromatic N) is 3. The van der Waals surface area contributed by atoms with E-state index in [9.17, 15) is 0 Å². The fourth-order valence-electron chi connectivity index (χ4n) is 10.9. The molecule has 7 aromatic carbocycles. The van der Waals surface area contributed by atoms with Crippen LogP contribution in [0.1, 0.15) is 132 Å². The van der Waals surface area contributed by atoms with Crippen molar-refractivity contribution in [1.29, 1.82) is 0 Å². The third-order valence-corrected chi connectivity index (χ3v) is 16.5. The Morgan fingerprint density at radius 1 is 0.417 bits per heavy atom. The summed E-state index contributed by atoms with van der Waals surface area (Å²) in [5, 5.41) is 2.43. The van der Waals surface area contributed by atoms with Crippen LogP contribution in [0.25, 0.3) is 21.1 Å². The molecule has 0 N–H and O–H groups in total. The zero-order chi connectivity index (χ0) is 51.0. The number of para-hydroxylation sites is 1. The molecule has 0 aliphatic carbocycles. The van der Waals surface area contributed by atoms with Crippen molar-refractivity contribution in [2.24, 2.45) is 0 Å². The zero-order valence-electron chi connectivity index (χ0n) is 45.2. The largest absolute Gasteiger partial charge is 0.440 e. The number of furan rings is 1. The Labute approximate surface area is 433 Å². The molecule has 0 radical (unpaired) electrons. The molecule has 4 nitrogen and oxygen atoms in total. The van der Waals surface area contributed by atoms with Gasteiger partial charge < -0.3 is 14.2 Å². The van der Waals surface area contributed by atoms with Crippen LogP contribution in [0.3, 0.4) is 0 Å². The lowest BCUT2D eigenvalue weighted by Gasteiger charge is -2.42. The molecule has 2 aliphatic rings. The van der Waals surface area contributed by atoms with E-state index in [0.29, 0.717) is 0 Å². The van der Waals surface area contributed by atoms with Gasteiger partial charge >= 0.3 is 0 Å². The van der Waals surface area contributed by atoms with E-state index in [1.165, 1.54) is 65.0 Å². The quantitative estimate of drug-likeness (QED) is 0.160. The van der Waals surface area contributed by atoms with Crippen LogP contribution in [-0.4, -0.2) is 6.71 Å². The van der Waals surface area contributed by atoms with Gasteiger partial charge in [0.2, 0.25) is 5.88 Å². The number of thiophene rings is 1. The van der Waals surface area contributed by atoms with Crippen molar-refractivity contribution in [3.8, 4) is 0 Å². The number of rotatable bonds is 5. The molecule has 0 spiro atoms. The van der Waals surface area contributed by atoms with Crippen molar-refractivity contribution < 1.29 is 4.42 Å². The molecule has 4 heterocycles. The van der Waals surface area contributed by atoms with Gasteiger partial charge in [-0.3, -0.25) is 4.90 Å².